The second-order valence-corrected chi connectivity index (χ2v) is 6.51. The van der Waals surface area contributed by atoms with Gasteiger partial charge in [-0.05, 0) is 32.9 Å². The van der Waals surface area contributed by atoms with Crippen molar-refractivity contribution in [1.29, 1.82) is 0 Å². The van der Waals surface area contributed by atoms with Crippen LogP contribution in [0.5, 0.6) is 0 Å². The lowest BCUT2D eigenvalue weighted by Crippen LogP contribution is -2.25. The number of nitrogen functional groups attached to an aromatic ring is 1. The number of halogens is 1. The molecular weight excluding hydrogens is 300 g/mol. The van der Waals surface area contributed by atoms with Crippen molar-refractivity contribution in [2.45, 2.75) is 31.3 Å². The smallest absolute Gasteiger partial charge is 0.316 e. The summed E-state index contributed by atoms with van der Waals surface area (Å²) < 4.78 is 5.18. The second kappa shape index (κ2) is 6.37. The summed E-state index contributed by atoms with van der Waals surface area (Å²) in [5, 5.41) is 0.285. The molecule has 0 aliphatic rings. The molecule has 0 atom stereocenters. The number of nitrogens with two attached hydrogens (primary N) is 2. The summed E-state index contributed by atoms with van der Waals surface area (Å²) in [5.74, 6) is -1.02. The Morgan fingerprint density at radius 2 is 1.95 bits per heavy atom. The Kier molecular flexibility index (Phi) is 5.30. The minimum absolute atomic E-state index is 0.0290. The number of amides is 1. The molecule has 0 aromatic heterocycles. The van der Waals surface area contributed by atoms with E-state index < -0.39 is 17.5 Å². The van der Waals surface area contributed by atoms with Crippen LogP contribution in [0.4, 0.5) is 5.69 Å². The van der Waals surface area contributed by atoms with E-state index in [0.717, 1.165) is 11.8 Å². The van der Waals surface area contributed by atoms with Crippen LogP contribution in [0.2, 0.25) is 5.02 Å². The highest BCUT2D eigenvalue weighted by atomic mass is 35.5. The number of primary amides is 1. The van der Waals surface area contributed by atoms with Crippen LogP contribution in [-0.2, 0) is 9.53 Å². The van der Waals surface area contributed by atoms with Gasteiger partial charge in [0.05, 0.1) is 16.3 Å². The second-order valence-electron chi connectivity index (χ2n) is 5.12. The molecule has 0 spiro atoms. The van der Waals surface area contributed by atoms with E-state index >= 15 is 0 Å². The average molecular weight is 317 g/mol. The van der Waals surface area contributed by atoms with E-state index in [1.807, 2.05) is 0 Å². The zero-order chi connectivity index (χ0) is 15.5. The van der Waals surface area contributed by atoms with Crippen LogP contribution in [0, 0.1) is 0 Å². The Morgan fingerprint density at radius 1 is 1.35 bits per heavy atom. The number of hydrogen-bond donors (Lipinski definition) is 2. The lowest BCUT2D eigenvalue weighted by atomic mass is 10.2. The molecule has 20 heavy (non-hydrogen) atoms. The van der Waals surface area contributed by atoms with Crippen LogP contribution in [0.3, 0.4) is 0 Å². The Morgan fingerprint density at radius 3 is 2.45 bits per heavy atom. The number of benzene rings is 1. The highest BCUT2D eigenvalue weighted by molar-refractivity contribution is 8.00. The number of rotatable bonds is 4. The number of thioether (sulfide) groups is 1. The highest BCUT2D eigenvalue weighted by Crippen LogP contribution is 2.33. The number of carbonyl (C=O) groups excluding carboxylic acids is 2. The van der Waals surface area contributed by atoms with E-state index in [0.29, 0.717) is 10.6 Å². The van der Waals surface area contributed by atoms with Gasteiger partial charge in [-0.3, -0.25) is 9.59 Å². The molecule has 0 aliphatic carbocycles. The summed E-state index contributed by atoms with van der Waals surface area (Å²) in [7, 11) is 0. The first-order valence-electron chi connectivity index (χ1n) is 5.83. The van der Waals surface area contributed by atoms with Gasteiger partial charge in [-0.15, -0.1) is 11.8 Å². The van der Waals surface area contributed by atoms with Gasteiger partial charge in [-0.2, -0.15) is 0 Å². The summed E-state index contributed by atoms with van der Waals surface area (Å²) in [6.45, 7) is 5.34. The fraction of sp³-hybridized carbons (Fsp3) is 0.385. The summed E-state index contributed by atoms with van der Waals surface area (Å²) >= 11 is 7.13. The van der Waals surface area contributed by atoms with E-state index in [1.165, 1.54) is 12.1 Å². The van der Waals surface area contributed by atoms with Crippen molar-refractivity contribution in [3.63, 3.8) is 0 Å². The van der Waals surface area contributed by atoms with Gasteiger partial charge in [-0.25, -0.2) is 0 Å². The Labute approximate surface area is 127 Å². The van der Waals surface area contributed by atoms with Crippen molar-refractivity contribution in [1.82, 2.24) is 0 Å². The molecule has 1 amide bonds. The minimum atomic E-state index is -0.647. The van der Waals surface area contributed by atoms with E-state index in [-0.39, 0.29) is 16.3 Å². The summed E-state index contributed by atoms with van der Waals surface area (Å²) in [6, 6.07) is 2.94. The summed E-state index contributed by atoms with van der Waals surface area (Å²) in [6.07, 6.45) is 0. The largest absolute Gasteiger partial charge is 0.459 e. The molecule has 0 heterocycles. The maximum atomic E-state index is 11.7. The van der Waals surface area contributed by atoms with Crippen LogP contribution in [0.25, 0.3) is 0 Å². The number of carbonyl (C=O) groups is 2. The van der Waals surface area contributed by atoms with Gasteiger partial charge in [-0.1, -0.05) is 11.6 Å². The third-order valence-electron chi connectivity index (χ3n) is 2.09. The standard InChI is InChI=1S/C13H17ClN2O3S/c1-13(2,3)19-10(17)6-20-11-8(12(16)18)4-7(15)5-9(11)14/h4-5H,6,15H2,1-3H3,(H2,16,18). The van der Waals surface area contributed by atoms with E-state index in [4.69, 9.17) is 27.8 Å². The van der Waals surface area contributed by atoms with E-state index in [2.05, 4.69) is 0 Å². The molecule has 0 fully saturated rings. The highest BCUT2D eigenvalue weighted by Gasteiger charge is 2.19. The third-order valence-corrected chi connectivity index (χ3v) is 3.60. The molecule has 4 N–H and O–H groups in total. The molecule has 0 saturated heterocycles. The molecule has 5 nitrogen and oxygen atoms in total. The predicted molar refractivity (Wildman–Crippen MR) is 81.0 cm³/mol. The van der Waals surface area contributed by atoms with E-state index in [1.54, 1.807) is 20.8 Å². The van der Waals surface area contributed by atoms with Crippen LogP contribution in [0.1, 0.15) is 31.1 Å². The molecule has 0 bridgehead atoms. The van der Waals surface area contributed by atoms with Gasteiger partial charge in [0.15, 0.2) is 0 Å². The van der Waals surface area contributed by atoms with Crippen molar-refractivity contribution < 1.29 is 14.3 Å². The van der Waals surface area contributed by atoms with Crippen LogP contribution in [-0.4, -0.2) is 23.2 Å². The van der Waals surface area contributed by atoms with Crippen molar-refractivity contribution in [2.24, 2.45) is 5.73 Å². The zero-order valence-electron chi connectivity index (χ0n) is 11.5. The van der Waals surface area contributed by atoms with Crippen molar-refractivity contribution >= 4 is 40.9 Å². The lowest BCUT2D eigenvalue weighted by Gasteiger charge is -2.19. The number of hydrogen-bond acceptors (Lipinski definition) is 5. The SMILES string of the molecule is CC(C)(C)OC(=O)CSc1c(Cl)cc(N)cc1C(N)=O. The summed E-state index contributed by atoms with van der Waals surface area (Å²) in [4.78, 5) is 23.5. The predicted octanol–water partition coefficient (Wildman–Crippen LogP) is 2.45. The van der Waals surface area contributed by atoms with Crippen LogP contribution < -0.4 is 11.5 Å². The first kappa shape index (κ1) is 16.7. The maximum absolute atomic E-state index is 11.7. The van der Waals surface area contributed by atoms with Gasteiger partial charge in [0.1, 0.15) is 5.60 Å². The Bertz CT molecular complexity index is 541. The molecule has 1 aromatic carbocycles. The molecule has 0 aliphatic heterocycles. The summed E-state index contributed by atoms with van der Waals surface area (Å²) in [5.41, 5.74) is 10.9. The fourth-order valence-corrected chi connectivity index (χ4v) is 2.67. The lowest BCUT2D eigenvalue weighted by molar-refractivity contribution is -0.151. The quantitative estimate of drug-likeness (QED) is 0.505. The third kappa shape index (κ3) is 4.94. The van der Waals surface area contributed by atoms with Crippen LogP contribution in [0.15, 0.2) is 17.0 Å². The zero-order valence-corrected chi connectivity index (χ0v) is 13.1. The van der Waals surface area contributed by atoms with Gasteiger partial charge in [0, 0.05) is 10.6 Å². The van der Waals surface area contributed by atoms with Gasteiger partial charge in [0.25, 0.3) is 0 Å². The number of esters is 1. The van der Waals surface area contributed by atoms with Gasteiger partial charge >= 0.3 is 5.97 Å². The molecule has 1 rings (SSSR count). The van der Waals surface area contributed by atoms with Crippen molar-refractivity contribution in [3.05, 3.63) is 22.7 Å². The molecule has 0 radical (unpaired) electrons. The van der Waals surface area contributed by atoms with Crippen molar-refractivity contribution in [2.75, 3.05) is 11.5 Å². The van der Waals surface area contributed by atoms with Gasteiger partial charge < -0.3 is 16.2 Å². The molecule has 7 heteroatoms. The first-order chi connectivity index (χ1) is 9.10. The van der Waals surface area contributed by atoms with E-state index in [9.17, 15) is 9.59 Å². The molecule has 1 aromatic rings. The maximum Gasteiger partial charge on any atom is 0.316 e. The van der Waals surface area contributed by atoms with Gasteiger partial charge in [0.2, 0.25) is 5.91 Å². The molecular formula is C13H17ClN2O3S. The number of anilines is 1. The molecule has 0 saturated carbocycles. The molecule has 0 unspecified atom stereocenters. The topological polar surface area (TPSA) is 95.4 Å². The monoisotopic (exact) mass is 316 g/mol. The fourth-order valence-electron chi connectivity index (χ4n) is 1.45. The Hall–Kier alpha value is -1.40. The van der Waals surface area contributed by atoms with Crippen LogP contribution >= 0.6 is 23.4 Å². The first-order valence-corrected chi connectivity index (χ1v) is 7.20. The average Bonchev–Trinajstić information content (AvgIpc) is 2.24. The van der Waals surface area contributed by atoms with Crippen molar-refractivity contribution in [3.8, 4) is 0 Å². The minimum Gasteiger partial charge on any atom is -0.459 e. The molecule has 110 valence electrons. The Balaban J connectivity index is 2.88. The normalized spacial score (nSPS) is 11.2. The number of ether oxygens (including phenoxy) is 1.